The van der Waals surface area contributed by atoms with Gasteiger partial charge in [-0.3, -0.25) is 0 Å². The summed E-state index contributed by atoms with van der Waals surface area (Å²) in [6, 6.07) is 16.0. The van der Waals surface area contributed by atoms with Gasteiger partial charge in [0.25, 0.3) is 0 Å². The van der Waals surface area contributed by atoms with E-state index >= 15 is 0 Å². The number of nitriles is 1. The normalized spacial score (nSPS) is 10.6. The molecule has 2 rings (SSSR count). The van der Waals surface area contributed by atoms with E-state index < -0.39 is 13.6 Å². The molecule has 0 saturated carbocycles. The van der Waals surface area contributed by atoms with Gasteiger partial charge in [-0.2, -0.15) is 0 Å². The number of methoxy groups -OCH3 is 1. The van der Waals surface area contributed by atoms with Crippen LogP contribution in [0.15, 0.2) is 48.5 Å². The molecule has 0 radical (unpaired) electrons. The molecule has 0 bridgehead atoms. The molecule has 0 aliphatic heterocycles. The number of hydrogen-bond acceptors (Lipinski definition) is 3. The molecule has 0 spiro atoms. The Kier molecular flexibility index (Phi) is 3.87. The molecule has 0 aromatic heterocycles. The molecule has 18 heavy (non-hydrogen) atoms. The number of rotatable bonds is 3. The molecular formula is C14H11CoNO2. The maximum absolute atomic E-state index is 12.3. The third kappa shape index (κ3) is 2.64. The minimum atomic E-state index is -1.60. The zero-order valence-corrected chi connectivity index (χ0v) is 10.8. The Balaban J connectivity index is 2.26. The molecule has 2 aromatic rings. The van der Waals surface area contributed by atoms with Crippen LogP contribution >= 0.6 is 0 Å². The molecular weight excluding hydrogens is 273 g/mol. The summed E-state index contributed by atoms with van der Waals surface area (Å²) < 4.78 is 18.8. The van der Waals surface area contributed by atoms with Crippen LogP contribution in [0.25, 0.3) is 0 Å². The fraction of sp³-hybridized carbons (Fsp3) is 0.0714. The van der Waals surface area contributed by atoms with E-state index in [1.54, 1.807) is 55.6 Å². The second-order valence-electron chi connectivity index (χ2n) is 3.44. The van der Waals surface area contributed by atoms with Gasteiger partial charge in [-0.25, -0.2) is 0 Å². The van der Waals surface area contributed by atoms with Crippen molar-refractivity contribution in [2.75, 3.05) is 7.11 Å². The van der Waals surface area contributed by atoms with Crippen molar-refractivity contribution in [2.24, 2.45) is 0 Å². The number of ether oxygens (including phenoxy) is 1. The first-order valence-corrected chi connectivity index (χ1v) is 6.66. The van der Waals surface area contributed by atoms with Crippen molar-refractivity contribution in [2.45, 2.75) is 0 Å². The van der Waals surface area contributed by atoms with Crippen molar-refractivity contribution in [3.05, 3.63) is 54.1 Å². The Morgan fingerprint density at radius 3 is 1.94 bits per heavy atom. The minimum absolute atomic E-state index is 0.566. The Bertz CT molecular complexity index is 597. The molecule has 0 saturated heterocycles. The van der Waals surface area contributed by atoms with Gasteiger partial charge in [0, 0.05) is 0 Å². The predicted molar refractivity (Wildman–Crippen MR) is 64.1 cm³/mol. The Labute approximate surface area is 110 Å². The van der Waals surface area contributed by atoms with Crippen LogP contribution < -0.4 is 13.7 Å². The average Bonchev–Trinajstić information content (AvgIpc) is 2.47. The van der Waals surface area contributed by atoms with Crippen molar-refractivity contribution < 1.29 is 22.2 Å². The molecule has 4 heteroatoms. The Morgan fingerprint density at radius 2 is 1.50 bits per heavy atom. The number of hydrogen-bond donors (Lipinski definition) is 0. The predicted octanol–water partition coefficient (Wildman–Crippen LogP) is 1.48. The van der Waals surface area contributed by atoms with Crippen molar-refractivity contribution in [1.82, 2.24) is 0 Å². The number of benzene rings is 2. The van der Waals surface area contributed by atoms with Crippen molar-refractivity contribution >= 4 is 9.00 Å². The molecule has 0 aliphatic carbocycles. The first-order valence-electron chi connectivity index (χ1n) is 5.20. The second kappa shape index (κ2) is 5.58. The zero-order chi connectivity index (χ0) is 13.0. The van der Waals surface area contributed by atoms with Crippen LogP contribution in [0.3, 0.4) is 0 Å². The fourth-order valence-electron chi connectivity index (χ4n) is 1.39. The van der Waals surface area contributed by atoms with E-state index in [0.29, 0.717) is 10.1 Å². The van der Waals surface area contributed by atoms with Gasteiger partial charge in [-0.05, 0) is 0 Å². The third-order valence-corrected chi connectivity index (χ3v) is 4.13. The Hall–Kier alpha value is -1.96. The fourth-order valence-corrected chi connectivity index (χ4v) is 2.72. The van der Waals surface area contributed by atoms with E-state index in [0.717, 1.165) is 10.2 Å². The molecule has 0 amide bonds. The standard InChI is InChI=1S/C7H4N.C7H7O.Co.O/c8-6-7-4-2-1-3-5-7;1-8-7-5-3-2-4-6-7;;/h2-5H;3-6H,1H3;;. The van der Waals surface area contributed by atoms with E-state index in [4.69, 9.17) is 10.00 Å². The van der Waals surface area contributed by atoms with Crippen LogP contribution in [0.1, 0.15) is 5.56 Å². The monoisotopic (exact) mass is 284 g/mol. The molecule has 3 nitrogen and oxygen atoms in total. The van der Waals surface area contributed by atoms with Crippen LogP contribution in [0.5, 0.6) is 5.75 Å². The molecule has 0 heterocycles. The summed E-state index contributed by atoms with van der Waals surface area (Å²) in [5.41, 5.74) is 0.566. The van der Waals surface area contributed by atoms with E-state index in [-0.39, 0.29) is 0 Å². The van der Waals surface area contributed by atoms with Crippen molar-refractivity contribution in [3.63, 3.8) is 0 Å². The maximum atomic E-state index is 12.3. The summed E-state index contributed by atoms with van der Waals surface area (Å²) >= 11 is -1.60. The molecule has 93 valence electrons. The molecule has 0 atom stereocenters. The summed E-state index contributed by atoms with van der Waals surface area (Å²) in [6.07, 6.45) is 0. The summed E-state index contributed by atoms with van der Waals surface area (Å²) in [7, 11) is 1.59. The second-order valence-corrected chi connectivity index (χ2v) is 5.33. The number of nitrogens with zero attached hydrogens (tertiary/aromatic N) is 1. The van der Waals surface area contributed by atoms with Crippen molar-refractivity contribution in [1.29, 1.82) is 5.26 Å². The van der Waals surface area contributed by atoms with E-state index in [2.05, 4.69) is 0 Å². The Morgan fingerprint density at radius 1 is 1.00 bits per heavy atom. The van der Waals surface area contributed by atoms with Gasteiger partial charge < -0.3 is 0 Å². The molecule has 2 aromatic carbocycles. The molecule has 0 aliphatic rings. The third-order valence-electron chi connectivity index (χ3n) is 2.34. The summed E-state index contributed by atoms with van der Waals surface area (Å²) in [5, 5.41) is 8.70. The summed E-state index contributed by atoms with van der Waals surface area (Å²) in [4.78, 5) is 0. The van der Waals surface area contributed by atoms with Crippen LogP contribution in [-0.2, 0) is 17.5 Å². The van der Waals surface area contributed by atoms with E-state index in [9.17, 15) is 3.87 Å². The SMILES string of the molecule is COc1cc[c]([Co](=[O])[c]2ccc(C#N)cc2)cc1. The average molecular weight is 284 g/mol. The first-order chi connectivity index (χ1) is 8.74. The van der Waals surface area contributed by atoms with Gasteiger partial charge >= 0.3 is 109 Å². The summed E-state index contributed by atoms with van der Waals surface area (Å²) in [5.74, 6) is 0.738. The van der Waals surface area contributed by atoms with Crippen LogP contribution in [-0.4, -0.2) is 7.11 Å². The van der Waals surface area contributed by atoms with Gasteiger partial charge in [0.2, 0.25) is 0 Å². The van der Waals surface area contributed by atoms with Gasteiger partial charge in [0.1, 0.15) is 0 Å². The zero-order valence-electron chi connectivity index (χ0n) is 9.72. The van der Waals surface area contributed by atoms with E-state index in [1.165, 1.54) is 0 Å². The first kappa shape index (κ1) is 12.5. The molecule has 0 fully saturated rings. The van der Waals surface area contributed by atoms with Crippen LogP contribution in [0, 0.1) is 11.3 Å². The van der Waals surface area contributed by atoms with Gasteiger partial charge in [0.05, 0.1) is 0 Å². The van der Waals surface area contributed by atoms with Crippen LogP contribution in [0.4, 0.5) is 0 Å². The molecule has 0 N–H and O–H groups in total. The van der Waals surface area contributed by atoms with Gasteiger partial charge in [0.15, 0.2) is 0 Å². The van der Waals surface area contributed by atoms with Crippen molar-refractivity contribution in [3.8, 4) is 11.8 Å². The quantitative estimate of drug-likeness (QED) is 0.858. The molecule has 0 unspecified atom stereocenters. The topological polar surface area (TPSA) is 50.1 Å². The van der Waals surface area contributed by atoms with Gasteiger partial charge in [-0.15, -0.1) is 0 Å². The summed E-state index contributed by atoms with van der Waals surface area (Å²) in [6.45, 7) is 0. The van der Waals surface area contributed by atoms with E-state index in [1.807, 2.05) is 6.07 Å². The van der Waals surface area contributed by atoms with Gasteiger partial charge in [-0.1, -0.05) is 0 Å². The van der Waals surface area contributed by atoms with Crippen LogP contribution in [0.2, 0.25) is 0 Å².